The molecule has 0 aliphatic carbocycles. The zero-order valence-electron chi connectivity index (χ0n) is 13.5. The van der Waals surface area contributed by atoms with Crippen molar-refractivity contribution >= 4 is 0 Å². The van der Waals surface area contributed by atoms with Crippen LogP contribution in [-0.4, -0.2) is 44.8 Å². The third kappa shape index (κ3) is 4.11. The van der Waals surface area contributed by atoms with Crippen molar-refractivity contribution in [3.05, 3.63) is 23.8 Å². The summed E-state index contributed by atoms with van der Waals surface area (Å²) in [5, 5.41) is 3.67. The Morgan fingerprint density at radius 3 is 2.86 bits per heavy atom. The van der Waals surface area contributed by atoms with Gasteiger partial charge in [0.25, 0.3) is 0 Å². The molecule has 1 heterocycles. The van der Waals surface area contributed by atoms with Gasteiger partial charge >= 0.3 is 0 Å². The average molecular weight is 292 g/mol. The molecule has 0 saturated heterocycles. The predicted octanol–water partition coefficient (Wildman–Crippen LogP) is 2.84. The molecule has 0 radical (unpaired) electrons. The molecule has 21 heavy (non-hydrogen) atoms. The fourth-order valence-electron chi connectivity index (χ4n) is 2.89. The first-order chi connectivity index (χ1) is 10.3. The molecule has 4 heteroatoms. The van der Waals surface area contributed by atoms with Crippen molar-refractivity contribution in [2.45, 2.75) is 32.7 Å². The maximum atomic E-state index is 5.78. The largest absolute Gasteiger partial charge is 0.493 e. The van der Waals surface area contributed by atoms with Crippen molar-refractivity contribution < 1.29 is 9.47 Å². The number of benzene rings is 1. The molecule has 1 unspecified atom stereocenters. The molecule has 1 aliphatic rings. The highest BCUT2D eigenvalue weighted by Gasteiger charge is 2.23. The topological polar surface area (TPSA) is 33.7 Å². The van der Waals surface area contributed by atoms with E-state index in [0.717, 1.165) is 50.7 Å². The molecule has 4 nitrogen and oxygen atoms in total. The average Bonchev–Trinajstić information content (AvgIpc) is 2.54. The Bertz CT molecular complexity index is 433. The highest BCUT2D eigenvalue weighted by Crippen LogP contribution is 2.39. The number of fused-ring (bicyclic) bond motifs is 1. The smallest absolute Gasteiger partial charge is 0.165 e. The van der Waals surface area contributed by atoms with Crippen LogP contribution < -0.4 is 14.8 Å². The summed E-state index contributed by atoms with van der Waals surface area (Å²) in [4.78, 5) is 2.46. The van der Waals surface area contributed by atoms with E-state index in [9.17, 15) is 0 Å². The molecule has 0 saturated carbocycles. The van der Waals surface area contributed by atoms with E-state index in [1.54, 1.807) is 7.11 Å². The highest BCUT2D eigenvalue weighted by atomic mass is 16.5. The Morgan fingerprint density at radius 2 is 2.14 bits per heavy atom. The first kappa shape index (κ1) is 16.1. The molecule has 0 amide bonds. The third-order valence-corrected chi connectivity index (χ3v) is 4.19. The number of rotatable bonds is 8. The quantitative estimate of drug-likeness (QED) is 0.747. The normalized spacial score (nSPS) is 17.4. The van der Waals surface area contributed by atoms with Gasteiger partial charge in [0.1, 0.15) is 0 Å². The Kier molecular flexibility index (Phi) is 6.33. The Labute approximate surface area is 128 Å². The lowest BCUT2D eigenvalue weighted by Crippen LogP contribution is -2.31. The zero-order valence-corrected chi connectivity index (χ0v) is 13.5. The van der Waals surface area contributed by atoms with Crippen LogP contribution in [-0.2, 0) is 0 Å². The molecule has 0 spiro atoms. The Balaban J connectivity index is 1.89. The minimum absolute atomic E-state index is 0.376. The zero-order chi connectivity index (χ0) is 15.1. The minimum atomic E-state index is 0.376. The summed E-state index contributed by atoms with van der Waals surface area (Å²) in [6.07, 6.45) is 2.20. The maximum Gasteiger partial charge on any atom is 0.165 e. The van der Waals surface area contributed by atoms with E-state index in [-0.39, 0.29) is 0 Å². The van der Waals surface area contributed by atoms with Crippen LogP contribution in [0.5, 0.6) is 11.5 Å². The van der Waals surface area contributed by atoms with Gasteiger partial charge in [0.2, 0.25) is 0 Å². The van der Waals surface area contributed by atoms with Gasteiger partial charge in [-0.2, -0.15) is 0 Å². The Morgan fingerprint density at radius 1 is 1.33 bits per heavy atom. The second-order valence-corrected chi connectivity index (χ2v) is 5.40. The fourth-order valence-corrected chi connectivity index (χ4v) is 2.89. The van der Waals surface area contributed by atoms with E-state index in [4.69, 9.17) is 9.47 Å². The number of nitrogens with one attached hydrogen (secondary N) is 1. The number of ether oxygens (including phenoxy) is 2. The van der Waals surface area contributed by atoms with Crippen LogP contribution in [0.3, 0.4) is 0 Å². The second-order valence-electron chi connectivity index (χ2n) is 5.40. The van der Waals surface area contributed by atoms with E-state index >= 15 is 0 Å². The monoisotopic (exact) mass is 292 g/mol. The van der Waals surface area contributed by atoms with Crippen molar-refractivity contribution in [1.29, 1.82) is 0 Å². The van der Waals surface area contributed by atoms with Crippen LogP contribution >= 0.6 is 0 Å². The van der Waals surface area contributed by atoms with Crippen LogP contribution in [0.25, 0.3) is 0 Å². The summed E-state index contributed by atoms with van der Waals surface area (Å²) in [6, 6.07) is 6.51. The van der Waals surface area contributed by atoms with Crippen molar-refractivity contribution in [2.75, 3.05) is 39.9 Å². The summed E-state index contributed by atoms with van der Waals surface area (Å²) >= 11 is 0. The highest BCUT2D eigenvalue weighted by molar-refractivity contribution is 5.49. The van der Waals surface area contributed by atoms with E-state index in [0.29, 0.717) is 6.04 Å². The van der Waals surface area contributed by atoms with E-state index < -0.39 is 0 Å². The van der Waals surface area contributed by atoms with Gasteiger partial charge in [-0.25, -0.2) is 0 Å². The van der Waals surface area contributed by atoms with Crippen LogP contribution in [0.4, 0.5) is 0 Å². The Hall–Kier alpha value is -1.26. The molecule has 1 aromatic rings. The van der Waals surface area contributed by atoms with Gasteiger partial charge in [-0.3, -0.25) is 0 Å². The standard InChI is InChI=1S/C17H28N2O2/c1-4-19(5-2)12-7-11-18-15-10-13-21-17-14(15)8-6-9-16(17)20-3/h6,8-9,15,18H,4-5,7,10-13H2,1-3H3. The van der Waals surface area contributed by atoms with Gasteiger partial charge in [-0.1, -0.05) is 26.0 Å². The molecule has 1 aromatic carbocycles. The molecule has 0 fully saturated rings. The third-order valence-electron chi connectivity index (χ3n) is 4.19. The summed E-state index contributed by atoms with van der Waals surface area (Å²) in [5.74, 6) is 1.75. The summed E-state index contributed by atoms with van der Waals surface area (Å²) in [7, 11) is 1.69. The second kappa shape index (κ2) is 8.25. The fraction of sp³-hybridized carbons (Fsp3) is 0.647. The number of methoxy groups -OCH3 is 1. The predicted molar refractivity (Wildman–Crippen MR) is 86.3 cm³/mol. The number of hydrogen-bond acceptors (Lipinski definition) is 4. The summed E-state index contributed by atoms with van der Waals surface area (Å²) < 4.78 is 11.2. The van der Waals surface area contributed by atoms with Crippen molar-refractivity contribution in [3.8, 4) is 11.5 Å². The van der Waals surface area contributed by atoms with Gasteiger partial charge in [0.15, 0.2) is 11.5 Å². The summed E-state index contributed by atoms with van der Waals surface area (Å²) in [5.41, 5.74) is 1.23. The molecule has 1 aliphatic heterocycles. The van der Waals surface area contributed by atoms with Gasteiger partial charge in [-0.15, -0.1) is 0 Å². The maximum absolute atomic E-state index is 5.78. The van der Waals surface area contributed by atoms with Crippen LogP contribution in [0.15, 0.2) is 18.2 Å². The summed E-state index contributed by atoms with van der Waals surface area (Å²) in [6.45, 7) is 9.66. The number of nitrogens with zero attached hydrogens (tertiary/aromatic N) is 1. The molecule has 0 bridgehead atoms. The first-order valence-electron chi connectivity index (χ1n) is 8.05. The van der Waals surface area contributed by atoms with Crippen molar-refractivity contribution in [1.82, 2.24) is 10.2 Å². The molecule has 1 N–H and O–H groups in total. The van der Waals surface area contributed by atoms with Crippen LogP contribution in [0, 0.1) is 0 Å². The minimum Gasteiger partial charge on any atom is -0.493 e. The van der Waals surface area contributed by atoms with Gasteiger partial charge in [-0.05, 0) is 38.7 Å². The molecule has 0 aromatic heterocycles. The van der Waals surface area contributed by atoms with Crippen LogP contribution in [0.1, 0.15) is 38.3 Å². The van der Waals surface area contributed by atoms with Crippen molar-refractivity contribution in [3.63, 3.8) is 0 Å². The molecule has 118 valence electrons. The lowest BCUT2D eigenvalue weighted by Gasteiger charge is -2.28. The van der Waals surface area contributed by atoms with Gasteiger partial charge < -0.3 is 19.7 Å². The van der Waals surface area contributed by atoms with Crippen LogP contribution in [0.2, 0.25) is 0 Å². The van der Waals surface area contributed by atoms with Gasteiger partial charge in [0.05, 0.1) is 13.7 Å². The number of para-hydroxylation sites is 1. The lowest BCUT2D eigenvalue weighted by atomic mass is 10.00. The SMILES string of the molecule is CCN(CC)CCCNC1CCOc2c(OC)cccc21. The molecule has 1 atom stereocenters. The van der Waals surface area contributed by atoms with Gasteiger partial charge in [0, 0.05) is 18.0 Å². The first-order valence-corrected chi connectivity index (χ1v) is 8.05. The van der Waals surface area contributed by atoms with E-state index in [1.807, 2.05) is 12.1 Å². The van der Waals surface area contributed by atoms with Crippen molar-refractivity contribution in [2.24, 2.45) is 0 Å². The molecular weight excluding hydrogens is 264 g/mol. The van der Waals surface area contributed by atoms with E-state index in [1.165, 1.54) is 12.0 Å². The van der Waals surface area contributed by atoms with E-state index in [2.05, 4.69) is 30.1 Å². The number of hydrogen-bond donors (Lipinski definition) is 1. The molecule has 2 rings (SSSR count). The lowest BCUT2D eigenvalue weighted by molar-refractivity contribution is 0.236. The molecular formula is C17H28N2O2.